The zero-order valence-corrected chi connectivity index (χ0v) is 11.9. The molecule has 1 aromatic carbocycles. The number of carbonyl (C=O) groups is 2. The first-order chi connectivity index (χ1) is 8.99. The molecular formula is C14H15NO3S. The number of carbonyl (C=O) groups excluding carboxylic acids is 2. The van der Waals surface area contributed by atoms with Crippen molar-refractivity contribution in [1.82, 2.24) is 4.90 Å². The Morgan fingerprint density at radius 3 is 2.58 bits per heavy atom. The summed E-state index contributed by atoms with van der Waals surface area (Å²) in [4.78, 5) is 25.5. The van der Waals surface area contributed by atoms with Gasteiger partial charge in [0, 0.05) is 18.8 Å². The van der Waals surface area contributed by atoms with Crippen LogP contribution in [0.5, 0.6) is 0 Å². The Bertz CT molecular complexity index is 585. The molecular weight excluding hydrogens is 262 g/mol. The summed E-state index contributed by atoms with van der Waals surface area (Å²) in [5.41, 5.74) is 0. The third kappa shape index (κ3) is 2.93. The van der Waals surface area contributed by atoms with E-state index < -0.39 is 12.1 Å². The van der Waals surface area contributed by atoms with E-state index in [0.717, 1.165) is 10.1 Å². The van der Waals surface area contributed by atoms with Gasteiger partial charge in [0.2, 0.25) is 0 Å². The Balaban J connectivity index is 2.13. The van der Waals surface area contributed by atoms with E-state index in [4.69, 9.17) is 4.74 Å². The number of hydrogen-bond donors (Lipinski definition) is 0. The zero-order chi connectivity index (χ0) is 14.0. The van der Waals surface area contributed by atoms with Gasteiger partial charge in [0.05, 0.1) is 0 Å². The monoisotopic (exact) mass is 277 g/mol. The van der Waals surface area contributed by atoms with Crippen molar-refractivity contribution in [3.05, 3.63) is 35.2 Å². The number of nitrogens with zero attached hydrogens (tertiary/aromatic N) is 1. The Morgan fingerprint density at radius 2 is 1.95 bits per heavy atom. The quantitative estimate of drug-likeness (QED) is 0.810. The molecule has 0 aliphatic heterocycles. The van der Waals surface area contributed by atoms with Gasteiger partial charge in [0.1, 0.15) is 4.88 Å². The van der Waals surface area contributed by atoms with Crippen molar-refractivity contribution in [2.75, 3.05) is 14.1 Å². The van der Waals surface area contributed by atoms with Crippen LogP contribution in [0, 0.1) is 0 Å². The van der Waals surface area contributed by atoms with E-state index in [0.29, 0.717) is 4.88 Å². The van der Waals surface area contributed by atoms with Crippen LogP contribution in [-0.4, -0.2) is 37.0 Å². The predicted octanol–water partition coefficient (Wildman–Crippen LogP) is 2.53. The molecule has 5 heteroatoms. The summed E-state index contributed by atoms with van der Waals surface area (Å²) >= 11 is 1.37. The van der Waals surface area contributed by atoms with E-state index in [1.54, 1.807) is 27.1 Å². The number of likely N-dealkylation sites (N-methyl/N-ethyl adjacent to an activating group) is 1. The molecule has 0 fully saturated rings. The third-order valence-electron chi connectivity index (χ3n) is 2.70. The Morgan fingerprint density at radius 1 is 1.26 bits per heavy atom. The van der Waals surface area contributed by atoms with Crippen LogP contribution < -0.4 is 0 Å². The molecule has 1 aromatic heterocycles. The summed E-state index contributed by atoms with van der Waals surface area (Å²) < 4.78 is 6.20. The van der Waals surface area contributed by atoms with Gasteiger partial charge in [-0.15, -0.1) is 11.3 Å². The Kier molecular flexibility index (Phi) is 3.85. The first-order valence-corrected chi connectivity index (χ1v) is 6.71. The first-order valence-electron chi connectivity index (χ1n) is 5.90. The number of rotatable bonds is 3. The molecule has 0 aliphatic rings. The Labute approximate surface area is 115 Å². The number of amides is 1. The Hall–Kier alpha value is -1.88. The molecule has 0 radical (unpaired) electrons. The van der Waals surface area contributed by atoms with Gasteiger partial charge in [-0.25, -0.2) is 4.79 Å². The van der Waals surface area contributed by atoms with Crippen molar-refractivity contribution in [2.45, 2.75) is 13.0 Å². The number of thiophene rings is 1. The summed E-state index contributed by atoms with van der Waals surface area (Å²) in [6, 6.07) is 9.52. The lowest BCUT2D eigenvalue weighted by molar-refractivity contribution is -0.137. The second kappa shape index (κ2) is 5.40. The molecule has 2 aromatic rings. The van der Waals surface area contributed by atoms with Gasteiger partial charge in [-0.2, -0.15) is 0 Å². The molecule has 0 spiro atoms. The minimum Gasteiger partial charge on any atom is -0.448 e. The maximum absolute atomic E-state index is 12.0. The lowest BCUT2D eigenvalue weighted by Crippen LogP contribution is -2.34. The average Bonchev–Trinajstić information content (AvgIpc) is 2.81. The molecule has 1 atom stereocenters. The normalized spacial score (nSPS) is 12.2. The van der Waals surface area contributed by atoms with Gasteiger partial charge in [0.25, 0.3) is 5.91 Å². The lowest BCUT2D eigenvalue weighted by atomic mass is 10.2. The number of fused-ring (bicyclic) bond motifs is 1. The summed E-state index contributed by atoms with van der Waals surface area (Å²) in [6.07, 6.45) is -0.771. The summed E-state index contributed by atoms with van der Waals surface area (Å²) in [6.45, 7) is 1.58. The minimum absolute atomic E-state index is 0.227. The van der Waals surface area contributed by atoms with Gasteiger partial charge < -0.3 is 9.64 Å². The summed E-state index contributed by atoms with van der Waals surface area (Å²) in [5, 5.41) is 1.01. The molecule has 0 N–H and O–H groups in total. The van der Waals surface area contributed by atoms with E-state index in [9.17, 15) is 9.59 Å². The van der Waals surface area contributed by atoms with Crippen LogP contribution in [0.3, 0.4) is 0 Å². The fourth-order valence-electron chi connectivity index (χ4n) is 1.72. The summed E-state index contributed by atoms with van der Waals surface area (Å²) in [5.74, 6) is -0.682. The molecule has 1 heterocycles. The van der Waals surface area contributed by atoms with E-state index in [1.807, 2.05) is 24.3 Å². The highest BCUT2D eigenvalue weighted by Gasteiger charge is 2.21. The van der Waals surface area contributed by atoms with Crippen LogP contribution in [0.1, 0.15) is 16.6 Å². The third-order valence-corrected chi connectivity index (χ3v) is 3.80. The second-order valence-electron chi connectivity index (χ2n) is 4.43. The summed E-state index contributed by atoms with van der Waals surface area (Å²) in [7, 11) is 3.26. The molecule has 1 amide bonds. The van der Waals surface area contributed by atoms with Crippen molar-refractivity contribution in [1.29, 1.82) is 0 Å². The van der Waals surface area contributed by atoms with Gasteiger partial charge in [-0.05, 0) is 24.4 Å². The van der Waals surface area contributed by atoms with Crippen molar-refractivity contribution in [3.63, 3.8) is 0 Å². The highest BCUT2D eigenvalue weighted by molar-refractivity contribution is 7.20. The molecule has 19 heavy (non-hydrogen) atoms. The van der Waals surface area contributed by atoms with Gasteiger partial charge in [-0.3, -0.25) is 4.79 Å². The fourth-order valence-corrected chi connectivity index (χ4v) is 2.66. The van der Waals surface area contributed by atoms with Gasteiger partial charge >= 0.3 is 5.97 Å². The molecule has 0 saturated carbocycles. The van der Waals surface area contributed by atoms with Crippen LogP contribution in [0.4, 0.5) is 0 Å². The van der Waals surface area contributed by atoms with Crippen molar-refractivity contribution < 1.29 is 14.3 Å². The average molecular weight is 277 g/mol. The highest BCUT2D eigenvalue weighted by atomic mass is 32.1. The smallest absolute Gasteiger partial charge is 0.349 e. The van der Waals surface area contributed by atoms with Crippen molar-refractivity contribution >= 4 is 33.3 Å². The molecule has 4 nitrogen and oxygen atoms in total. The van der Waals surface area contributed by atoms with Gasteiger partial charge in [-0.1, -0.05) is 18.2 Å². The molecule has 0 unspecified atom stereocenters. The van der Waals surface area contributed by atoms with Crippen LogP contribution in [-0.2, 0) is 9.53 Å². The highest BCUT2D eigenvalue weighted by Crippen LogP contribution is 2.26. The number of hydrogen-bond acceptors (Lipinski definition) is 4. The standard InChI is InChI=1S/C14H15NO3S/c1-9(13(16)15(2)3)18-14(17)12-8-10-6-4-5-7-11(10)19-12/h4-9H,1-3H3/t9-/m0/s1. The maximum Gasteiger partial charge on any atom is 0.349 e. The largest absolute Gasteiger partial charge is 0.448 e. The van der Waals surface area contributed by atoms with Crippen molar-refractivity contribution in [3.8, 4) is 0 Å². The fraction of sp³-hybridized carbons (Fsp3) is 0.286. The number of ether oxygens (including phenoxy) is 1. The van der Waals surface area contributed by atoms with Crippen LogP contribution in [0.15, 0.2) is 30.3 Å². The van der Waals surface area contributed by atoms with E-state index >= 15 is 0 Å². The zero-order valence-electron chi connectivity index (χ0n) is 11.0. The number of benzene rings is 1. The maximum atomic E-state index is 12.0. The minimum atomic E-state index is -0.771. The van der Waals surface area contributed by atoms with E-state index in [1.165, 1.54) is 16.2 Å². The molecule has 0 aliphatic carbocycles. The van der Waals surface area contributed by atoms with E-state index in [-0.39, 0.29) is 5.91 Å². The van der Waals surface area contributed by atoms with Crippen LogP contribution in [0.25, 0.3) is 10.1 Å². The predicted molar refractivity (Wildman–Crippen MR) is 75.4 cm³/mol. The van der Waals surface area contributed by atoms with Crippen LogP contribution in [0.2, 0.25) is 0 Å². The molecule has 100 valence electrons. The van der Waals surface area contributed by atoms with E-state index in [2.05, 4.69) is 0 Å². The SMILES string of the molecule is C[C@H](OC(=O)c1cc2ccccc2s1)C(=O)N(C)C. The lowest BCUT2D eigenvalue weighted by Gasteiger charge is -2.16. The van der Waals surface area contributed by atoms with Gasteiger partial charge in [0.15, 0.2) is 6.10 Å². The first kappa shape index (κ1) is 13.5. The second-order valence-corrected chi connectivity index (χ2v) is 5.51. The molecule has 0 saturated heterocycles. The molecule has 2 rings (SSSR count). The molecule has 0 bridgehead atoms. The number of esters is 1. The topological polar surface area (TPSA) is 46.6 Å². The van der Waals surface area contributed by atoms with Crippen molar-refractivity contribution in [2.24, 2.45) is 0 Å². The van der Waals surface area contributed by atoms with Crippen LogP contribution >= 0.6 is 11.3 Å².